The molecule has 1 N–H and O–H groups in total. The Labute approximate surface area is 138 Å². The van der Waals surface area contributed by atoms with Gasteiger partial charge in [-0.25, -0.2) is 4.79 Å². The number of carbonyl (C=O) groups is 1. The van der Waals surface area contributed by atoms with Gasteiger partial charge in [0.25, 0.3) is 0 Å². The van der Waals surface area contributed by atoms with E-state index in [1.54, 1.807) is 17.9 Å². The van der Waals surface area contributed by atoms with E-state index >= 15 is 0 Å². The molecule has 4 nitrogen and oxygen atoms in total. The summed E-state index contributed by atoms with van der Waals surface area (Å²) < 4.78 is 5.48. The van der Waals surface area contributed by atoms with Gasteiger partial charge in [-0.15, -0.1) is 0 Å². The number of hydrogen-bond acceptors (Lipinski definition) is 3. The molecule has 0 radical (unpaired) electrons. The maximum Gasteiger partial charge on any atom is 0.410 e. The highest BCUT2D eigenvalue weighted by Gasteiger charge is 2.27. The molecule has 1 rings (SSSR count). The molecular formula is C17H26ClNO3. The minimum Gasteiger partial charge on any atom is -0.444 e. The van der Waals surface area contributed by atoms with Crippen molar-refractivity contribution in [1.29, 1.82) is 0 Å². The van der Waals surface area contributed by atoms with Gasteiger partial charge in [0.15, 0.2) is 0 Å². The number of aliphatic hydroxyl groups is 1. The van der Waals surface area contributed by atoms with Crippen LogP contribution in [0.2, 0.25) is 5.02 Å². The fourth-order valence-corrected chi connectivity index (χ4v) is 2.36. The predicted octanol–water partition coefficient (Wildman–Crippen LogP) is 4.41. The monoisotopic (exact) mass is 327 g/mol. The summed E-state index contributed by atoms with van der Waals surface area (Å²) in [5.41, 5.74) is 0.293. The fourth-order valence-electron chi connectivity index (χ4n) is 2.07. The zero-order valence-electron chi connectivity index (χ0n) is 14.0. The molecule has 0 fully saturated rings. The van der Waals surface area contributed by atoms with Crippen LogP contribution in [0, 0.1) is 0 Å². The van der Waals surface area contributed by atoms with Crippen molar-refractivity contribution in [2.24, 2.45) is 0 Å². The number of carbonyl (C=O) groups excluding carboxylic acids is 1. The Morgan fingerprint density at radius 3 is 2.41 bits per heavy atom. The van der Waals surface area contributed by atoms with Crippen molar-refractivity contribution in [3.05, 3.63) is 34.9 Å². The van der Waals surface area contributed by atoms with Gasteiger partial charge in [0.05, 0.1) is 12.1 Å². The van der Waals surface area contributed by atoms with Crippen molar-refractivity contribution in [2.45, 2.75) is 58.8 Å². The number of rotatable bonds is 5. The third kappa shape index (κ3) is 5.85. The summed E-state index contributed by atoms with van der Waals surface area (Å²) in [6.07, 6.45) is -0.405. The first kappa shape index (κ1) is 18.8. The van der Waals surface area contributed by atoms with E-state index in [1.165, 1.54) is 0 Å². The molecule has 0 bridgehead atoms. The number of amides is 1. The highest BCUT2D eigenvalue weighted by atomic mass is 35.5. The average molecular weight is 328 g/mol. The molecule has 0 saturated heterocycles. The van der Waals surface area contributed by atoms with Crippen LogP contribution >= 0.6 is 11.6 Å². The van der Waals surface area contributed by atoms with Crippen LogP contribution in [0.25, 0.3) is 0 Å². The second kappa shape index (κ2) is 7.84. The number of nitrogens with zero attached hydrogens (tertiary/aromatic N) is 1. The molecule has 0 saturated carbocycles. The normalized spacial score (nSPS) is 14.3. The topological polar surface area (TPSA) is 49.8 Å². The lowest BCUT2D eigenvalue weighted by molar-refractivity contribution is 0.0146. The molecule has 5 heteroatoms. The molecule has 22 heavy (non-hydrogen) atoms. The Morgan fingerprint density at radius 2 is 1.91 bits per heavy atom. The lowest BCUT2D eigenvalue weighted by atomic mass is 10.1. The van der Waals surface area contributed by atoms with Crippen molar-refractivity contribution < 1.29 is 14.6 Å². The number of halogens is 1. The van der Waals surface area contributed by atoms with Crippen LogP contribution in [0.1, 0.15) is 52.6 Å². The maximum atomic E-state index is 12.5. The van der Waals surface area contributed by atoms with E-state index in [0.717, 1.165) is 5.56 Å². The Kier molecular flexibility index (Phi) is 6.69. The summed E-state index contributed by atoms with van der Waals surface area (Å²) in [7, 11) is 0. The predicted molar refractivity (Wildman–Crippen MR) is 89.1 cm³/mol. The average Bonchev–Trinajstić information content (AvgIpc) is 2.36. The summed E-state index contributed by atoms with van der Waals surface area (Å²) in [6, 6.07) is 7.20. The van der Waals surface area contributed by atoms with E-state index < -0.39 is 17.8 Å². The highest BCUT2D eigenvalue weighted by molar-refractivity contribution is 6.31. The Bertz CT molecular complexity index is 497. The maximum absolute atomic E-state index is 12.5. The van der Waals surface area contributed by atoms with Gasteiger partial charge >= 0.3 is 6.09 Å². The minimum absolute atomic E-state index is 0.234. The van der Waals surface area contributed by atoms with Crippen LogP contribution in [-0.2, 0) is 4.74 Å². The van der Waals surface area contributed by atoms with E-state index in [9.17, 15) is 9.90 Å². The smallest absolute Gasteiger partial charge is 0.410 e. The molecule has 1 aromatic carbocycles. The van der Waals surface area contributed by atoms with Gasteiger partial charge < -0.3 is 14.7 Å². The zero-order valence-corrected chi connectivity index (χ0v) is 14.7. The molecule has 0 aromatic heterocycles. The standard InChI is InChI=1S/C17H26ClNO3/c1-12(20)10-11-19(16(21)22-17(3,4)5)13(2)14-8-6-7-9-15(14)18/h6-9,12-13,20H,10-11H2,1-5H3. The molecular weight excluding hydrogens is 302 g/mol. The molecule has 0 spiro atoms. The van der Waals surface area contributed by atoms with Gasteiger partial charge in [0, 0.05) is 11.6 Å². The first-order valence-corrected chi connectivity index (χ1v) is 7.91. The molecule has 124 valence electrons. The lowest BCUT2D eigenvalue weighted by Gasteiger charge is -2.32. The van der Waals surface area contributed by atoms with Crippen LogP contribution in [0.4, 0.5) is 4.79 Å². The molecule has 1 aromatic rings. The Balaban J connectivity index is 2.98. The van der Waals surface area contributed by atoms with Crippen molar-refractivity contribution >= 4 is 17.7 Å². The molecule has 0 heterocycles. The van der Waals surface area contributed by atoms with Crippen LogP contribution < -0.4 is 0 Å². The van der Waals surface area contributed by atoms with Gasteiger partial charge in [0.1, 0.15) is 5.60 Å². The first-order valence-electron chi connectivity index (χ1n) is 7.54. The summed E-state index contributed by atoms with van der Waals surface area (Å²) >= 11 is 6.24. The molecule has 1 amide bonds. The van der Waals surface area contributed by atoms with Gasteiger partial charge in [-0.1, -0.05) is 29.8 Å². The Hall–Kier alpha value is -1.26. The van der Waals surface area contributed by atoms with Gasteiger partial charge in [-0.3, -0.25) is 0 Å². The van der Waals surface area contributed by atoms with E-state index in [1.807, 2.05) is 45.9 Å². The molecule has 2 unspecified atom stereocenters. The van der Waals surface area contributed by atoms with E-state index in [4.69, 9.17) is 16.3 Å². The van der Waals surface area contributed by atoms with Crippen molar-refractivity contribution in [2.75, 3.05) is 6.54 Å². The summed E-state index contributed by atoms with van der Waals surface area (Å²) in [4.78, 5) is 14.1. The molecule has 0 aliphatic rings. The summed E-state index contributed by atoms with van der Waals surface area (Å²) in [5, 5.41) is 10.1. The third-order valence-electron chi connectivity index (χ3n) is 3.24. The van der Waals surface area contributed by atoms with Crippen molar-refractivity contribution in [3.63, 3.8) is 0 Å². The number of hydrogen-bond donors (Lipinski definition) is 1. The van der Waals surface area contributed by atoms with Gasteiger partial charge in [0.2, 0.25) is 0 Å². The minimum atomic E-state index is -0.569. The fraction of sp³-hybridized carbons (Fsp3) is 0.588. The van der Waals surface area contributed by atoms with Crippen LogP contribution in [-0.4, -0.2) is 34.3 Å². The number of ether oxygens (including phenoxy) is 1. The largest absolute Gasteiger partial charge is 0.444 e. The molecule has 0 aliphatic heterocycles. The zero-order chi connectivity index (χ0) is 16.9. The van der Waals surface area contributed by atoms with Gasteiger partial charge in [-0.05, 0) is 52.7 Å². The van der Waals surface area contributed by atoms with Crippen molar-refractivity contribution in [3.8, 4) is 0 Å². The number of benzene rings is 1. The Morgan fingerprint density at radius 1 is 1.32 bits per heavy atom. The van der Waals surface area contributed by atoms with Gasteiger partial charge in [-0.2, -0.15) is 0 Å². The van der Waals surface area contributed by atoms with E-state index in [0.29, 0.717) is 18.0 Å². The first-order chi connectivity index (χ1) is 10.1. The third-order valence-corrected chi connectivity index (χ3v) is 3.58. The lowest BCUT2D eigenvalue weighted by Crippen LogP contribution is -2.39. The van der Waals surface area contributed by atoms with Crippen LogP contribution in [0.5, 0.6) is 0 Å². The number of aliphatic hydroxyl groups excluding tert-OH is 1. The second-order valence-electron chi connectivity index (χ2n) is 6.51. The summed E-state index contributed by atoms with van der Waals surface area (Å²) in [5.74, 6) is 0. The van der Waals surface area contributed by atoms with Crippen LogP contribution in [0.3, 0.4) is 0 Å². The van der Waals surface area contributed by atoms with Crippen LogP contribution in [0.15, 0.2) is 24.3 Å². The summed E-state index contributed by atoms with van der Waals surface area (Å²) in [6.45, 7) is 9.51. The highest BCUT2D eigenvalue weighted by Crippen LogP contribution is 2.28. The quantitative estimate of drug-likeness (QED) is 0.871. The van der Waals surface area contributed by atoms with E-state index in [2.05, 4.69) is 0 Å². The second-order valence-corrected chi connectivity index (χ2v) is 6.92. The molecule has 0 aliphatic carbocycles. The van der Waals surface area contributed by atoms with Crippen molar-refractivity contribution in [1.82, 2.24) is 4.90 Å². The van der Waals surface area contributed by atoms with E-state index in [-0.39, 0.29) is 6.04 Å². The SMILES string of the molecule is CC(O)CCN(C(=O)OC(C)(C)C)C(C)c1ccccc1Cl. The molecule has 2 atom stereocenters.